The van der Waals surface area contributed by atoms with Gasteiger partial charge in [0.1, 0.15) is 22.2 Å². The molecule has 0 fully saturated rings. The standard InChI is InChI=1S/C9H9Cl2N5O2S/c1-5(9-13-4-14-15-9)16-19(17,18)6-2-7(10)8(11)12-3-6/h2-5,16H,1H3,(H,13,14,15). The van der Waals surface area contributed by atoms with Crippen LogP contribution >= 0.6 is 23.2 Å². The molecule has 0 radical (unpaired) electrons. The molecule has 0 aliphatic rings. The summed E-state index contributed by atoms with van der Waals surface area (Å²) in [5.41, 5.74) is 0. The molecule has 2 aromatic heterocycles. The van der Waals surface area contributed by atoms with E-state index in [0.717, 1.165) is 6.20 Å². The van der Waals surface area contributed by atoms with E-state index in [1.54, 1.807) is 6.92 Å². The molecule has 1 atom stereocenters. The molecule has 0 aromatic carbocycles. The van der Waals surface area contributed by atoms with Crippen LogP contribution in [0, 0.1) is 0 Å². The summed E-state index contributed by atoms with van der Waals surface area (Å²) in [7, 11) is -3.77. The van der Waals surface area contributed by atoms with Crippen molar-refractivity contribution in [2.24, 2.45) is 0 Å². The molecular formula is C9H9Cl2N5O2S. The van der Waals surface area contributed by atoms with Gasteiger partial charge in [-0.15, -0.1) is 0 Å². The Bertz CT molecular complexity index is 674. The van der Waals surface area contributed by atoms with Crippen molar-refractivity contribution in [1.29, 1.82) is 0 Å². The molecule has 10 heteroatoms. The number of aromatic nitrogens is 4. The third-order valence-corrected chi connectivity index (χ3v) is 4.45. The summed E-state index contributed by atoms with van der Waals surface area (Å²) in [6, 6.07) is 0.661. The Morgan fingerprint density at radius 1 is 1.37 bits per heavy atom. The Hall–Kier alpha value is -1.22. The van der Waals surface area contributed by atoms with Crippen molar-refractivity contribution in [1.82, 2.24) is 24.9 Å². The van der Waals surface area contributed by atoms with Gasteiger partial charge >= 0.3 is 0 Å². The molecule has 0 saturated carbocycles. The molecule has 2 rings (SSSR count). The van der Waals surface area contributed by atoms with E-state index < -0.39 is 16.1 Å². The van der Waals surface area contributed by atoms with Crippen molar-refractivity contribution in [3.05, 3.63) is 34.6 Å². The average Bonchev–Trinajstić information content (AvgIpc) is 2.85. The third-order valence-electron chi connectivity index (χ3n) is 2.26. The largest absolute Gasteiger partial charge is 0.262 e. The quantitative estimate of drug-likeness (QED) is 0.832. The number of hydrogen-bond acceptors (Lipinski definition) is 5. The highest BCUT2D eigenvalue weighted by Gasteiger charge is 2.21. The fourth-order valence-corrected chi connectivity index (χ4v) is 2.84. The van der Waals surface area contributed by atoms with Crippen LogP contribution in [0.5, 0.6) is 0 Å². The second kappa shape index (κ2) is 5.41. The van der Waals surface area contributed by atoms with E-state index in [4.69, 9.17) is 23.2 Å². The lowest BCUT2D eigenvalue weighted by molar-refractivity contribution is 0.560. The summed E-state index contributed by atoms with van der Waals surface area (Å²) >= 11 is 11.4. The first-order valence-corrected chi connectivity index (χ1v) is 7.32. The smallest absolute Gasteiger partial charge is 0.242 e. The van der Waals surface area contributed by atoms with Gasteiger partial charge in [-0.3, -0.25) is 5.10 Å². The molecule has 0 aliphatic carbocycles. The Morgan fingerprint density at radius 2 is 2.11 bits per heavy atom. The zero-order valence-corrected chi connectivity index (χ0v) is 12.0. The van der Waals surface area contributed by atoms with Gasteiger partial charge < -0.3 is 0 Å². The van der Waals surface area contributed by atoms with Crippen LogP contribution in [-0.2, 0) is 10.0 Å². The first-order valence-electron chi connectivity index (χ1n) is 5.09. The minimum absolute atomic E-state index is 0.0453. The number of halogens is 2. The number of H-pyrrole nitrogens is 1. The first kappa shape index (κ1) is 14.2. The summed E-state index contributed by atoms with van der Waals surface area (Å²) in [5, 5.41) is 6.34. The normalized spacial score (nSPS) is 13.4. The molecule has 2 heterocycles. The topological polar surface area (TPSA) is 101 Å². The van der Waals surface area contributed by atoms with E-state index >= 15 is 0 Å². The van der Waals surface area contributed by atoms with Gasteiger partial charge in [-0.2, -0.15) is 5.10 Å². The number of nitrogens with zero attached hydrogens (tertiary/aromatic N) is 3. The van der Waals surface area contributed by atoms with E-state index in [1.807, 2.05) is 0 Å². The van der Waals surface area contributed by atoms with Gasteiger partial charge in [0.05, 0.1) is 11.1 Å². The van der Waals surface area contributed by atoms with Gasteiger partial charge in [-0.25, -0.2) is 23.1 Å². The van der Waals surface area contributed by atoms with Gasteiger partial charge in [0.25, 0.3) is 0 Å². The number of nitrogens with one attached hydrogen (secondary N) is 2. The van der Waals surface area contributed by atoms with Crippen LogP contribution in [0.25, 0.3) is 0 Å². The van der Waals surface area contributed by atoms with Crippen LogP contribution < -0.4 is 4.72 Å². The second-order valence-electron chi connectivity index (χ2n) is 3.66. The van der Waals surface area contributed by atoms with Crippen LogP contribution in [0.2, 0.25) is 10.2 Å². The fraction of sp³-hybridized carbons (Fsp3) is 0.222. The van der Waals surface area contributed by atoms with Crippen molar-refractivity contribution in [2.45, 2.75) is 17.9 Å². The molecule has 19 heavy (non-hydrogen) atoms. The third kappa shape index (κ3) is 3.21. The van der Waals surface area contributed by atoms with Crippen LogP contribution in [0.1, 0.15) is 18.8 Å². The number of sulfonamides is 1. The second-order valence-corrected chi connectivity index (χ2v) is 6.14. The lowest BCUT2D eigenvalue weighted by atomic mass is 10.3. The number of pyridine rings is 1. The Balaban J connectivity index is 2.25. The van der Waals surface area contributed by atoms with Crippen LogP contribution in [-0.4, -0.2) is 28.6 Å². The van der Waals surface area contributed by atoms with Crippen molar-refractivity contribution in [2.75, 3.05) is 0 Å². The minimum atomic E-state index is -3.77. The molecule has 0 saturated heterocycles. The highest BCUT2D eigenvalue weighted by molar-refractivity contribution is 7.89. The highest BCUT2D eigenvalue weighted by Crippen LogP contribution is 2.22. The minimum Gasteiger partial charge on any atom is -0.262 e. The Morgan fingerprint density at radius 3 is 2.68 bits per heavy atom. The van der Waals surface area contributed by atoms with Gasteiger partial charge in [0.15, 0.2) is 0 Å². The monoisotopic (exact) mass is 321 g/mol. The van der Waals surface area contributed by atoms with Gasteiger partial charge in [0.2, 0.25) is 10.0 Å². The first-order chi connectivity index (χ1) is 8.90. The SMILES string of the molecule is CC(NS(=O)(=O)c1cnc(Cl)c(Cl)c1)c1ncn[nH]1. The van der Waals surface area contributed by atoms with E-state index in [1.165, 1.54) is 12.4 Å². The maximum absolute atomic E-state index is 12.1. The van der Waals surface area contributed by atoms with Crippen molar-refractivity contribution in [3.63, 3.8) is 0 Å². The van der Waals surface area contributed by atoms with Crippen LogP contribution in [0.15, 0.2) is 23.5 Å². The fourth-order valence-electron chi connectivity index (χ4n) is 1.33. The summed E-state index contributed by atoms with van der Waals surface area (Å²) in [6.45, 7) is 1.63. The van der Waals surface area contributed by atoms with Crippen molar-refractivity contribution < 1.29 is 8.42 Å². The molecule has 0 aliphatic heterocycles. The molecular weight excluding hydrogens is 313 g/mol. The van der Waals surface area contributed by atoms with E-state index in [0.29, 0.717) is 5.82 Å². The Labute approximate surface area is 119 Å². The predicted molar refractivity (Wildman–Crippen MR) is 69.4 cm³/mol. The summed E-state index contributed by atoms with van der Waals surface area (Å²) < 4.78 is 26.6. The average molecular weight is 322 g/mol. The molecule has 0 amide bonds. The van der Waals surface area contributed by atoms with Gasteiger partial charge in [0, 0.05) is 6.20 Å². The predicted octanol–water partition coefficient (Wildman–Crippen LogP) is 1.55. The summed E-state index contributed by atoms with van der Waals surface area (Å²) in [6.07, 6.45) is 2.42. The maximum Gasteiger partial charge on any atom is 0.242 e. The number of aromatic amines is 1. The van der Waals surface area contributed by atoms with Crippen LogP contribution in [0.3, 0.4) is 0 Å². The summed E-state index contributed by atoms with van der Waals surface area (Å²) in [4.78, 5) is 7.49. The molecule has 102 valence electrons. The van der Waals surface area contributed by atoms with E-state index in [9.17, 15) is 8.42 Å². The molecule has 7 nitrogen and oxygen atoms in total. The molecule has 2 N–H and O–H groups in total. The summed E-state index contributed by atoms with van der Waals surface area (Å²) in [5.74, 6) is 0.400. The highest BCUT2D eigenvalue weighted by atomic mass is 35.5. The molecule has 1 unspecified atom stereocenters. The molecule has 0 bridgehead atoms. The maximum atomic E-state index is 12.1. The van der Waals surface area contributed by atoms with Crippen molar-refractivity contribution in [3.8, 4) is 0 Å². The van der Waals surface area contributed by atoms with Crippen molar-refractivity contribution >= 4 is 33.2 Å². The van der Waals surface area contributed by atoms with E-state index in [-0.39, 0.29) is 15.1 Å². The lowest BCUT2D eigenvalue weighted by Crippen LogP contribution is -2.27. The van der Waals surface area contributed by atoms with Gasteiger partial charge in [-0.05, 0) is 13.0 Å². The Kier molecular flexibility index (Phi) is 4.04. The number of hydrogen-bond donors (Lipinski definition) is 2. The zero-order valence-electron chi connectivity index (χ0n) is 9.63. The number of rotatable bonds is 4. The van der Waals surface area contributed by atoms with Gasteiger partial charge in [-0.1, -0.05) is 23.2 Å². The van der Waals surface area contributed by atoms with Crippen LogP contribution in [0.4, 0.5) is 0 Å². The van der Waals surface area contributed by atoms with E-state index in [2.05, 4.69) is 24.9 Å². The zero-order chi connectivity index (χ0) is 14.0. The lowest BCUT2D eigenvalue weighted by Gasteiger charge is -2.11. The molecule has 0 spiro atoms. The molecule has 2 aromatic rings.